The van der Waals surface area contributed by atoms with Crippen LogP contribution in [0, 0.1) is 0 Å². The van der Waals surface area contributed by atoms with Gasteiger partial charge < -0.3 is 19.5 Å². The lowest BCUT2D eigenvalue weighted by Gasteiger charge is -2.21. The lowest BCUT2D eigenvalue weighted by atomic mass is 9.99. The van der Waals surface area contributed by atoms with E-state index in [4.69, 9.17) is 9.47 Å². The van der Waals surface area contributed by atoms with Gasteiger partial charge in [0.1, 0.15) is 23.0 Å². The molecule has 8 heteroatoms. The number of amides is 1. The van der Waals surface area contributed by atoms with E-state index in [-0.39, 0.29) is 17.3 Å². The van der Waals surface area contributed by atoms with Gasteiger partial charge in [0.25, 0.3) is 11.5 Å². The second-order valence-corrected chi connectivity index (χ2v) is 8.35. The maximum absolute atomic E-state index is 13.8. The number of para-hydroxylation sites is 1. The van der Waals surface area contributed by atoms with E-state index < -0.39 is 17.3 Å². The van der Waals surface area contributed by atoms with E-state index in [0.717, 1.165) is 12.0 Å². The number of aromatic nitrogens is 2. The molecule has 0 aliphatic carbocycles. The molecule has 1 aliphatic rings. The SMILES string of the molecule is C=CCCc1nc(O)c(C(=O)N2CC[C@@H](c3ccccc3)C2)c(=O)n1-c1c(OC)cccc1OC. The second-order valence-electron chi connectivity index (χ2n) is 8.35. The standard InChI is InChI=1S/C27H29N3O5/c1-4-5-14-22-28-25(31)23(26(32)29-16-15-19(17-29)18-10-7-6-8-11-18)27(33)30(22)24-20(34-2)12-9-13-21(24)35-3/h4,6-13,19,31H,1,5,14-17H2,2-3H3/t19-/m1/s1. The van der Waals surface area contributed by atoms with Crippen molar-refractivity contribution in [2.75, 3.05) is 27.3 Å². The van der Waals surface area contributed by atoms with Crippen molar-refractivity contribution in [1.82, 2.24) is 14.5 Å². The largest absolute Gasteiger partial charge is 0.494 e. The van der Waals surface area contributed by atoms with Crippen LogP contribution in [-0.4, -0.2) is 52.8 Å². The van der Waals surface area contributed by atoms with Crippen LogP contribution in [0.15, 0.2) is 66.0 Å². The number of carbonyl (C=O) groups is 1. The van der Waals surface area contributed by atoms with Crippen LogP contribution < -0.4 is 15.0 Å². The lowest BCUT2D eigenvalue weighted by Crippen LogP contribution is -2.37. The van der Waals surface area contributed by atoms with Gasteiger partial charge in [0.05, 0.1) is 14.2 Å². The number of aromatic hydroxyl groups is 1. The van der Waals surface area contributed by atoms with E-state index in [1.807, 2.05) is 30.3 Å². The Morgan fingerprint density at radius 1 is 1.14 bits per heavy atom. The van der Waals surface area contributed by atoms with Gasteiger partial charge in [-0.05, 0) is 30.5 Å². The number of likely N-dealkylation sites (tertiary alicyclic amines) is 1. The van der Waals surface area contributed by atoms with E-state index in [1.165, 1.54) is 18.8 Å². The van der Waals surface area contributed by atoms with E-state index >= 15 is 0 Å². The Hall–Kier alpha value is -4.07. The lowest BCUT2D eigenvalue weighted by molar-refractivity contribution is 0.0784. The fourth-order valence-electron chi connectivity index (χ4n) is 4.52. The number of carbonyl (C=O) groups excluding carboxylic acids is 1. The quantitative estimate of drug-likeness (QED) is 0.500. The van der Waals surface area contributed by atoms with Crippen molar-refractivity contribution in [3.05, 3.63) is 88.5 Å². The normalized spacial score (nSPS) is 15.1. The maximum atomic E-state index is 13.8. The van der Waals surface area contributed by atoms with E-state index in [1.54, 1.807) is 29.2 Å². The first-order chi connectivity index (χ1) is 17.0. The average molecular weight is 476 g/mol. The number of hydrogen-bond donors (Lipinski definition) is 1. The number of nitrogens with zero attached hydrogens (tertiary/aromatic N) is 3. The molecule has 1 N–H and O–H groups in total. The van der Waals surface area contributed by atoms with Gasteiger partial charge in [0.2, 0.25) is 5.88 Å². The van der Waals surface area contributed by atoms with Crippen molar-refractivity contribution >= 4 is 5.91 Å². The molecule has 182 valence electrons. The Kier molecular flexibility index (Phi) is 7.19. The third-order valence-corrected chi connectivity index (χ3v) is 6.29. The van der Waals surface area contributed by atoms with Crippen LogP contribution in [0.3, 0.4) is 0 Å². The molecule has 3 aromatic rings. The predicted octanol–water partition coefficient (Wildman–Crippen LogP) is 3.70. The highest BCUT2D eigenvalue weighted by Crippen LogP contribution is 2.34. The summed E-state index contributed by atoms with van der Waals surface area (Å²) in [4.78, 5) is 33.2. The van der Waals surface area contributed by atoms with Crippen molar-refractivity contribution in [2.24, 2.45) is 0 Å². The monoisotopic (exact) mass is 475 g/mol. The first kappa shape index (κ1) is 24.1. The molecule has 2 heterocycles. The van der Waals surface area contributed by atoms with Crippen molar-refractivity contribution in [3.8, 4) is 23.1 Å². The molecule has 35 heavy (non-hydrogen) atoms. The summed E-state index contributed by atoms with van der Waals surface area (Å²) in [6.07, 6.45) is 3.30. The molecule has 0 saturated carbocycles. The first-order valence-corrected chi connectivity index (χ1v) is 11.5. The van der Waals surface area contributed by atoms with Crippen LogP contribution in [0.5, 0.6) is 17.4 Å². The van der Waals surface area contributed by atoms with Gasteiger partial charge in [-0.25, -0.2) is 0 Å². The molecule has 1 aromatic heterocycles. The van der Waals surface area contributed by atoms with Gasteiger partial charge in [0.15, 0.2) is 5.56 Å². The summed E-state index contributed by atoms with van der Waals surface area (Å²) in [7, 11) is 2.97. The number of aryl methyl sites for hydroxylation is 1. The number of ether oxygens (including phenoxy) is 2. The fourth-order valence-corrected chi connectivity index (χ4v) is 4.52. The third kappa shape index (κ3) is 4.64. The van der Waals surface area contributed by atoms with Crippen molar-refractivity contribution < 1.29 is 19.4 Å². The highest BCUT2D eigenvalue weighted by molar-refractivity contribution is 5.96. The molecule has 1 aliphatic heterocycles. The zero-order valence-corrected chi connectivity index (χ0v) is 19.9. The number of benzene rings is 2. The van der Waals surface area contributed by atoms with Gasteiger partial charge in [-0.3, -0.25) is 14.2 Å². The van der Waals surface area contributed by atoms with Crippen LogP contribution >= 0.6 is 0 Å². The molecule has 0 radical (unpaired) electrons. The summed E-state index contributed by atoms with van der Waals surface area (Å²) in [6.45, 7) is 4.67. The summed E-state index contributed by atoms with van der Waals surface area (Å²) in [5, 5.41) is 10.7. The van der Waals surface area contributed by atoms with Gasteiger partial charge in [-0.15, -0.1) is 6.58 Å². The molecule has 1 fully saturated rings. The van der Waals surface area contributed by atoms with Crippen LogP contribution in [0.25, 0.3) is 5.69 Å². The minimum atomic E-state index is -0.674. The summed E-state index contributed by atoms with van der Waals surface area (Å²) in [5.41, 5.74) is 0.425. The van der Waals surface area contributed by atoms with Gasteiger partial charge >= 0.3 is 0 Å². The Labute approximate surface area is 204 Å². The van der Waals surface area contributed by atoms with Crippen molar-refractivity contribution in [2.45, 2.75) is 25.2 Å². The Morgan fingerprint density at radius 2 is 1.83 bits per heavy atom. The molecule has 0 unspecified atom stereocenters. The zero-order chi connectivity index (χ0) is 24.9. The first-order valence-electron chi connectivity index (χ1n) is 11.5. The van der Waals surface area contributed by atoms with Crippen LogP contribution in [0.4, 0.5) is 0 Å². The van der Waals surface area contributed by atoms with Crippen molar-refractivity contribution in [3.63, 3.8) is 0 Å². The van der Waals surface area contributed by atoms with Crippen LogP contribution in [-0.2, 0) is 6.42 Å². The number of hydrogen-bond acceptors (Lipinski definition) is 6. The summed E-state index contributed by atoms with van der Waals surface area (Å²) >= 11 is 0. The summed E-state index contributed by atoms with van der Waals surface area (Å²) in [5.74, 6) is 0.0719. The highest BCUT2D eigenvalue weighted by Gasteiger charge is 2.33. The molecule has 1 amide bonds. The van der Waals surface area contributed by atoms with Crippen LogP contribution in [0.1, 0.15) is 40.5 Å². The number of methoxy groups -OCH3 is 2. The Bertz CT molecular complexity index is 1260. The minimum Gasteiger partial charge on any atom is -0.494 e. The van der Waals surface area contributed by atoms with E-state index in [2.05, 4.69) is 11.6 Å². The molecule has 2 aromatic carbocycles. The van der Waals surface area contributed by atoms with E-state index in [9.17, 15) is 14.7 Å². The topological polar surface area (TPSA) is 93.9 Å². The number of rotatable bonds is 8. The van der Waals surface area contributed by atoms with E-state index in [0.29, 0.717) is 43.1 Å². The average Bonchev–Trinajstić information content (AvgIpc) is 3.38. The highest BCUT2D eigenvalue weighted by atomic mass is 16.5. The number of allylic oxidation sites excluding steroid dienone is 1. The fraction of sp³-hybridized carbons (Fsp3) is 0.296. The van der Waals surface area contributed by atoms with Gasteiger partial charge in [-0.2, -0.15) is 4.98 Å². The Balaban J connectivity index is 1.81. The van der Waals surface area contributed by atoms with Gasteiger partial charge in [0, 0.05) is 25.4 Å². The van der Waals surface area contributed by atoms with Crippen LogP contribution in [0.2, 0.25) is 0 Å². The molecular formula is C27H29N3O5. The van der Waals surface area contributed by atoms with Gasteiger partial charge in [-0.1, -0.05) is 42.5 Å². The smallest absolute Gasteiger partial charge is 0.275 e. The molecule has 4 rings (SSSR count). The maximum Gasteiger partial charge on any atom is 0.275 e. The molecule has 1 saturated heterocycles. The molecular weight excluding hydrogens is 446 g/mol. The van der Waals surface area contributed by atoms with Crippen molar-refractivity contribution in [1.29, 1.82) is 0 Å². The predicted molar refractivity (Wildman–Crippen MR) is 133 cm³/mol. The second kappa shape index (κ2) is 10.5. The molecule has 1 atom stereocenters. The zero-order valence-electron chi connectivity index (χ0n) is 19.9. The Morgan fingerprint density at radius 3 is 2.46 bits per heavy atom. The molecule has 8 nitrogen and oxygen atoms in total. The molecule has 0 spiro atoms. The minimum absolute atomic E-state index is 0.165. The summed E-state index contributed by atoms with van der Waals surface area (Å²) < 4.78 is 12.3. The molecule has 0 bridgehead atoms. The summed E-state index contributed by atoms with van der Waals surface area (Å²) in [6, 6.07) is 15.1. The third-order valence-electron chi connectivity index (χ3n) is 6.29.